The maximum atomic E-state index is 5.59. The highest BCUT2D eigenvalue weighted by Crippen LogP contribution is 2.14. The summed E-state index contributed by atoms with van der Waals surface area (Å²) in [5.41, 5.74) is 6.31. The molecule has 0 atom stereocenters. The van der Waals surface area contributed by atoms with Gasteiger partial charge in [0.2, 0.25) is 5.89 Å². The first-order valence-electron chi connectivity index (χ1n) is 5.96. The number of anilines is 1. The quantitative estimate of drug-likeness (QED) is 0.821. The Kier molecular flexibility index (Phi) is 3.82. The summed E-state index contributed by atoms with van der Waals surface area (Å²) in [4.78, 5) is 4.28. The molecule has 0 saturated carbocycles. The van der Waals surface area contributed by atoms with E-state index in [0.717, 1.165) is 17.3 Å². The molecule has 0 aliphatic rings. The minimum absolute atomic E-state index is 0.278. The Morgan fingerprint density at radius 3 is 2.61 bits per heavy atom. The minimum atomic E-state index is 0.278. The van der Waals surface area contributed by atoms with Crippen LogP contribution in [-0.2, 0) is 6.42 Å². The Morgan fingerprint density at radius 1 is 1.28 bits per heavy atom. The number of aromatic nitrogens is 2. The third kappa shape index (κ3) is 3.23. The highest BCUT2D eigenvalue weighted by Gasteiger charge is 2.09. The van der Waals surface area contributed by atoms with Crippen molar-refractivity contribution >= 4 is 5.69 Å². The summed E-state index contributed by atoms with van der Waals surface area (Å²) in [6.45, 7) is 4.56. The second-order valence-electron chi connectivity index (χ2n) is 4.37. The van der Waals surface area contributed by atoms with Crippen molar-refractivity contribution in [2.45, 2.75) is 26.2 Å². The smallest absolute Gasteiger partial charge is 0.230 e. The van der Waals surface area contributed by atoms with Gasteiger partial charge in [-0.05, 0) is 24.3 Å². The van der Waals surface area contributed by atoms with Gasteiger partial charge in [-0.2, -0.15) is 4.98 Å². The Labute approximate surface area is 106 Å². The van der Waals surface area contributed by atoms with Gasteiger partial charge in [0.25, 0.3) is 0 Å². The number of rotatable bonds is 5. The van der Waals surface area contributed by atoms with Gasteiger partial charge in [0.05, 0.1) is 13.0 Å². The number of nitrogens with zero attached hydrogens (tertiary/aromatic N) is 2. The SMILES string of the molecule is CC(C)c1noc(CCOc2ccc(N)cc2)n1. The molecule has 2 aromatic rings. The molecule has 0 unspecified atom stereocenters. The highest BCUT2D eigenvalue weighted by molar-refractivity contribution is 5.41. The van der Waals surface area contributed by atoms with Crippen LogP contribution < -0.4 is 10.5 Å². The van der Waals surface area contributed by atoms with Crippen LogP contribution in [0.25, 0.3) is 0 Å². The molecule has 0 radical (unpaired) electrons. The van der Waals surface area contributed by atoms with E-state index in [4.69, 9.17) is 15.0 Å². The number of hydrogen-bond donors (Lipinski definition) is 1. The van der Waals surface area contributed by atoms with E-state index < -0.39 is 0 Å². The van der Waals surface area contributed by atoms with Crippen LogP contribution in [0.1, 0.15) is 31.5 Å². The maximum Gasteiger partial charge on any atom is 0.230 e. The van der Waals surface area contributed by atoms with Crippen molar-refractivity contribution in [3.63, 3.8) is 0 Å². The molecule has 0 aliphatic carbocycles. The molecule has 0 spiro atoms. The average Bonchev–Trinajstić information content (AvgIpc) is 2.81. The van der Waals surface area contributed by atoms with Crippen molar-refractivity contribution in [1.29, 1.82) is 0 Å². The van der Waals surface area contributed by atoms with Crippen LogP contribution in [0.15, 0.2) is 28.8 Å². The lowest BCUT2D eigenvalue weighted by atomic mass is 10.2. The van der Waals surface area contributed by atoms with Gasteiger partial charge in [-0.3, -0.25) is 0 Å². The third-order valence-electron chi connectivity index (χ3n) is 2.46. The largest absolute Gasteiger partial charge is 0.493 e. The molecule has 1 aromatic heterocycles. The second kappa shape index (κ2) is 5.53. The molecule has 1 heterocycles. The van der Waals surface area contributed by atoms with Gasteiger partial charge in [-0.1, -0.05) is 19.0 Å². The Morgan fingerprint density at radius 2 is 2.00 bits per heavy atom. The molecule has 0 amide bonds. The summed E-state index contributed by atoms with van der Waals surface area (Å²) >= 11 is 0. The minimum Gasteiger partial charge on any atom is -0.493 e. The lowest BCUT2D eigenvalue weighted by molar-refractivity contribution is 0.291. The summed E-state index contributed by atoms with van der Waals surface area (Å²) in [5, 5.41) is 3.89. The van der Waals surface area contributed by atoms with Gasteiger partial charge >= 0.3 is 0 Å². The van der Waals surface area contributed by atoms with Gasteiger partial charge in [0.1, 0.15) is 5.75 Å². The number of benzene rings is 1. The molecule has 2 N–H and O–H groups in total. The van der Waals surface area contributed by atoms with Gasteiger partial charge in [0, 0.05) is 11.6 Å². The Bertz CT molecular complexity index is 491. The predicted molar refractivity (Wildman–Crippen MR) is 68.4 cm³/mol. The average molecular weight is 247 g/mol. The van der Waals surface area contributed by atoms with Gasteiger partial charge in [-0.25, -0.2) is 0 Å². The standard InChI is InChI=1S/C13H17N3O2/c1-9(2)13-15-12(18-16-13)7-8-17-11-5-3-10(14)4-6-11/h3-6,9H,7-8,14H2,1-2H3. The van der Waals surface area contributed by atoms with E-state index in [1.165, 1.54) is 0 Å². The van der Waals surface area contributed by atoms with Gasteiger partial charge < -0.3 is 15.0 Å². The van der Waals surface area contributed by atoms with Crippen molar-refractivity contribution in [1.82, 2.24) is 10.1 Å². The zero-order chi connectivity index (χ0) is 13.0. The molecule has 1 aromatic carbocycles. The van der Waals surface area contributed by atoms with E-state index in [-0.39, 0.29) is 5.92 Å². The molecule has 0 saturated heterocycles. The van der Waals surface area contributed by atoms with E-state index in [9.17, 15) is 0 Å². The van der Waals surface area contributed by atoms with Crippen LogP contribution >= 0.6 is 0 Å². The lowest BCUT2D eigenvalue weighted by Gasteiger charge is -2.04. The highest BCUT2D eigenvalue weighted by atomic mass is 16.5. The van der Waals surface area contributed by atoms with Crippen molar-refractivity contribution in [2.24, 2.45) is 0 Å². The molecular formula is C13H17N3O2. The molecule has 0 fully saturated rings. The monoisotopic (exact) mass is 247 g/mol. The fourth-order valence-corrected chi connectivity index (χ4v) is 1.42. The number of nitrogens with two attached hydrogens (primary N) is 1. The first-order valence-corrected chi connectivity index (χ1v) is 5.96. The molecular weight excluding hydrogens is 230 g/mol. The van der Waals surface area contributed by atoms with Crippen molar-refractivity contribution < 1.29 is 9.26 Å². The van der Waals surface area contributed by atoms with Crippen LogP contribution in [-0.4, -0.2) is 16.7 Å². The molecule has 18 heavy (non-hydrogen) atoms. The number of hydrogen-bond acceptors (Lipinski definition) is 5. The molecule has 5 heteroatoms. The summed E-state index contributed by atoms with van der Waals surface area (Å²) in [7, 11) is 0. The van der Waals surface area contributed by atoms with Crippen molar-refractivity contribution in [2.75, 3.05) is 12.3 Å². The predicted octanol–water partition coefficient (Wildman–Crippen LogP) is 2.40. The molecule has 5 nitrogen and oxygen atoms in total. The van der Waals surface area contributed by atoms with Crippen LogP contribution in [0.4, 0.5) is 5.69 Å². The van der Waals surface area contributed by atoms with E-state index in [1.54, 1.807) is 12.1 Å². The van der Waals surface area contributed by atoms with E-state index in [1.807, 2.05) is 26.0 Å². The second-order valence-corrected chi connectivity index (χ2v) is 4.37. The van der Waals surface area contributed by atoms with Gasteiger partial charge in [0.15, 0.2) is 5.82 Å². The van der Waals surface area contributed by atoms with Gasteiger partial charge in [-0.15, -0.1) is 0 Å². The summed E-state index contributed by atoms with van der Waals surface area (Å²) in [6.07, 6.45) is 0.601. The summed E-state index contributed by atoms with van der Waals surface area (Å²) < 4.78 is 10.7. The zero-order valence-corrected chi connectivity index (χ0v) is 10.6. The summed E-state index contributed by atoms with van der Waals surface area (Å²) in [5.74, 6) is 2.40. The normalized spacial score (nSPS) is 10.8. The fraction of sp³-hybridized carbons (Fsp3) is 0.385. The first-order chi connectivity index (χ1) is 8.65. The summed E-state index contributed by atoms with van der Waals surface area (Å²) in [6, 6.07) is 7.28. The number of nitrogen functional groups attached to an aromatic ring is 1. The number of ether oxygens (including phenoxy) is 1. The fourth-order valence-electron chi connectivity index (χ4n) is 1.42. The molecule has 96 valence electrons. The van der Waals surface area contributed by atoms with Crippen LogP contribution in [0.2, 0.25) is 0 Å². The topological polar surface area (TPSA) is 74.2 Å². The van der Waals surface area contributed by atoms with Crippen molar-refractivity contribution in [3.05, 3.63) is 36.0 Å². The Hall–Kier alpha value is -2.04. The van der Waals surface area contributed by atoms with Crippen LogP contribution in [0.3, 0.4) is 0 Å². The lowest BCUT2D eigenvalue weighted by Crippen LogP contribution is -2.02. The van der Waals surface area contributed by atoms with E-state index in [0.29, 0.717) is 18.9 Å². The van der Waals surface area contributed by atoms with E-state index >= 15 is 0 Å². The molecule has 0 bridgehead atoms. The maximum absolute atomic E-state index is 5.59. The molecule has 2 rings (SSSR count). The van der Waals surface area contributed by atoms with Crippen LogP contribution in [0, 0.1) is 0 Å². The first kappa shape index (κ1) is 12.4. The third-order valence-corrected chi connectivity index (χ3v) is 2.46. The zero-order valence-electron chi connectivity index (χ0n) is 10.6. The molecule has 0 aliphatic heterocycles. The van der Waals surface area contributed by atoms with Crippen LogP contribution in [0.5, 0.6) is 5.75 Å². The van der Waals surface area contributed by atoms with E-state index in [2.05, 4.69) is 10.1 Å². The Balaban J connectivity index is 1.82. The van der Waals surface area contributed by atoms with Crippen molar-refractivity contribution in [3.8, 4) is 5.75 Å².